The fourth-order valence-corrected chi connectivity index (χ4v) is 1.46. The Morgan fingerprint density at radius 2 is 1.81 bits per heavy atom. The van der Waals surface area contributed by atoms with Gasteiger partial charge in [0, 0.05) is 6.92 Å². The third kappa shape index (κ3) is 6.90. The van der Waals surface area contributed by atoms with Crippen LogP contribution in [0.25, 0.3) is 0 Å². The van der Waals surface area contributed by atoms with Crippen LogP contribution in [-0.4, -0.2) is 26.5 Å². The zero-order chi connectivity index (χ0) is 12.8. The highest BCUT2D eigenvalue weighted by molar-refractivity contribution is 6.71. The van der Waals surface area contributed by atoms with Gasteiger partial charge in [0.15, 0.2) is 6.10 Å². The summed E-state index contributed by atoms with van der Waals surface area (Å²) in [4.78, 5) is 22.4. The first-order chi connectivity index (χ1) is 7.26. The Balaban J connectivity index is 4.14. The third-order valence-corrected chi connectivity index (χ3v) is 2.06. The number of hydrogen-bond acceptors (Lipinski definition) is 5. The molecular weight excluding hydrogens is 228 g/mol. The molecule has 1 atom stereocenters. The van der Waals surface area contributed by atoms with Crippen LogP contribution in [0.5, 0.6) is 0 Å². The fourth-order valence-electron chi connectivity index (χ4n) is 0.694. The summed E-state index contributed by atoms with van der Waals surface area (Å²) in [5.74, 6) is 1.79. The highest BCUT2D eigenvalue weighted by Crippen LogP contribution is 2.06. The van der Waals surface area contributed by atoms with Gasteiger partial charge in [-0.25, -0.2) is 9.59 Å². The van der Waals surface area contributed by atoms with Crippen molar-refractivity contribution in [2.45, 2.75) is 39.6 Å². The molecule has 0 fully saturated rings. The van der Waals surface area contributed by atoms with Crippen molar-refractivity contribution in [3.63, 3.8) is 0 Å². The SMILES string of the molecule is CC#COC(=O)OC(C)C(=O)O[Si](C)(C)C. The molecule has 0 N–H and O–H groups in total. The van der Waals surface area contributed by atoms with Crippen molar-refractivity contribution in [3.05, 3.63) is 0 Å². The molecule has 0 amide bonds. The molecule has 0 radical (unpaired) electrons. The molecule has 0 rings (SSSR count). The minimum Gasteiger partial charge on any atom is -0.517 e. The maximum Gasteiger partial charge on any atom is 0.523 e. The number of hydrogen-bond donors (Lipinski definition) is 0. The Morgan fingerprint density at radius 1 is 1.25 bits per heavy atom. The Morgan fingerprint density at radius 3 is 2.25 bits per heavy atom. The molecule has 0 aromatic rings. The van der Waals surface area contributed by atoms with E-state index in [0.717, 1.165) is 0 Å². The minimum absolute atomic E-state index is 0.569. The van der Waals surface area contributed by atoms with Crippen LogP contribution in [0.1, 0.15) is 13.8 Å². The molecule has 0 aliphatic heterocycles. The average molecular weight is 244 g/mol. The van der Waals surface area contributed by atoms with Gasteiger partial charge in [0.05, 0.1) is 0 Å². The normalized spacial score (nSPS) is 11.8. The van der Waals surface area contributed by atoms with Crippen LogP contribution in [0.3, 0.4) is 0 Å². The molecule has 5 nitrogen and oxygen atoms in total. The number of carbonyl (C=O) groups is 2. The van der Waals surface area contributed by atoms with E-state index in [1.54, 1.807) is 0 Å². The van der Waals surface area contributed by atoms with Crippen LogP contribution in [0, 0.1) is 12.0 Å². The molecule has 0 heterocycles. The van der Waals surface area contributed by atoms with Crippen LogP contribution >= 0.6 is 0 Å². The lowest BCUT2D eigenvalue weighted by Gasteiger charge is -2.20. The summed E-state index contributed by atoms with van der Waals surface area (Å²) in [7, 11) is -1.97. The van der Waals surface area contributed by atoms with Crippen molar-refractivity contribution in [2.24, 2.45) is 0 Å². The number of carbonyl (C=O) groups excluding carboxylic acids is 2. The molecule has 0 saturated carbocycles. The summed E-state index contributed by atoms with van der Waals surface area (Å²) in [5.41, 5.74) is 0. The molecule has 0 aliphatic rings. The first kappa shape index (κ1) is 14.5. The zero-order valence-corrected chi connectivity index (χ0v) is 11.1. The second-order valence-electron chi connectivity index (χ2n) is 4.00. The maximum absolute atomic E-state index is 11.4. The van der Waals surface area contributed by atoms with Crippen molar-refractivity contribution < 1.29 is 23.5 Å². The van der Waals surface area contributed by atoms with Gasteiger partial charge in [0.25, 0.3) is 0 Å². The largest absolute Gasteiger partial charge is 0.523 e. The summed E-state index contributed by atoms with van der Waals surface area (Å²) in [6.45, 7) is 8.51. The number of rotatable bonds is 3. The highest BCUT2D eigenvalue weighted by atomic mass is 28.4. The van der Waals surface area contributed by atoms with Crippen LogP contribution < -0.4 is 0 Å². The lowest BCUT2D eigenvalue weighted by Crippen LogP contribution is -2.36. The molecule has 0 aromatic heterocycles. The standard InChI is InChI=1S/C10H16O5Si/c1-6-7-13-10(12)14-8(2)9(11)15-16(3,4)5/h8H,1-5H3. The maximum atomic E-state index is 11.4. The Hall–Kier alpha value is -1.48. The Kier molecular flexibility index (Phi) is 5.60. The zero-order valence-electron chi connectivity index (χ0n) is 10.1. The fraction of sp³-hybridized carbons (Fsp3) is 0.600. The van der Waals surface area contributed by atoms with Gasteiger partial charge in [0.1, 0.15) is 6.11 Å². The van der Waals surface area contributed by atoms with Gasteiger partial charge in [-0.15, -0.1) is 0 Å². The summed E-state index contributed by atoms with van der Waals surface area (Å²) in [5, 5.41) is 0. The first-order valence-electron chi connectivity index (χ1n) is 4.78. The van der Waals surface area contributed by atoms with Gasteiger partial charge in [-0.1, -0.05) is 5.92 Å². The topological polar surface area (TPSA) is 61.8 Å². The van der Waals surface area contributed by atoms with Crippen molar-refractivity contribution in [3.8, 4) is 12.0 Å². The second kappa shape index (κ2) is 6.18. The molecule has 0 saturated heterocycles. The average Bonchev–Trinajstić information content (AvgIpc) is 2.11. The molecule has 0 bridgehead atoms. The molecule has 90 valence electrons. The molecular formula is C10H16O5Si. The summed E-state index contributed by atoms with van der Waals surface area (Å²) in [6.07, 6.45) is 0.0793. The lowest BCUT2D eigenvalue weighted by molar-refractivity contribution is -0.144. The van der Waals surface area contributed by atoms with Crippen molar-refractivity contribution in [1.82, 2.24) is 0 Å². The summed E-state index contributed by atoms with van der Waals surface area (Å²) < 4.78 is 14.1. The van der Waals surface area contributed by atoms with E-state index in [-0.39, 0.29) is 0 Å². The smallest absolute Gasteiger partial charge is 0.517 e. The van der Waals surface area contributed by atoms with Crippen LogP contribution in [0.4, 0.5) is 4.79 Å². The number of ether oxygens (including phenoxy) is 2. The Bertz CT molecular complexity index is 320. The van der Waals surface area contributed by atoms with Gasteiger partial charge in [0.2, 0.25) is 8.32 Å². The van der Waals surface area contributed by atoms with Gasteiger partial charge >= 0.3 is 12.1 Å². The van der Waals surface area contributed by atoms with E-state index >= 15 is 0 Å². The van der Waals surface area contributed by atoms with E-state index in [1.807, 2.05) is 19.6 Å². The third-order valence-electron chi connectivity index (χ3n) is 1.25. The van der Waals surface area contributed by atoms with Crippen molar-refractivity contribution in [1.29, 1.82) is 0 Å². The van der Waals surface area contributed by atoms with Crippen LogP contribution in [0.15, 0.2) is 0 Å². The van der Waals surface area contributed by atoms with Gasteiger partial charge in [-0.05, 0) is 26.6 Å². The molecule has 0 aromatic carbocycles. The van der Waals surface area contributed by atoms with E-state index in [2.05, 4.69) is 21.5 Å². The molecule has 6 heteroatoms. The van der Waals surface area contributed by atoms with Crippen LogP contribution in [-0.2, 0) is 18.7 Å². The van der Waals surface area contributed by atoms with E-state index in [9.17, 15) is 9.59 Å². The van der Waals surface area contributed by atoms with Gasteiger partial charge in [-0.2, -0.15) is 0 Å². The lowest BCUT2D eigenvalue weighted by atomic mass is 10.4. The Labute approximate surface area is 96.2 Å². The monoisotopic (exact) mass is 244 g/mol. The van der Waals surface area contributed by atoms with Crippen molar-refractivity contribution >= 4 is 20.4 Å². The molecule has 16 heavy (non-hydrogen) atoms. The van der Waals surface area contributed by atoms with E-state index in [1.165, 1.54) is 13.8 Å². The summed E-state index contributed by atoms with van der Waals surface area (Å²) >= 11 is 0. The molecule has 0 aliphatic carbocycles. The van der Waals surface area contributed by atoms with Gasteiger partial charge in [-0.3, -0.25) is 0 Å². The quantitative estimate of drug-likeness (QED) is 0.431. The minimum atomic E-state index is -1.97. The van der Waals surface area contributed by atoms with E-state index in [4.69, 9.17) is 4.43 Å². The van der Waals surface area contributed by atoms with Crippen LogP contribution in [0.2, 0.25) is 19.6 Å². The molecule has 1 unspecified atom stereocenters. The predicted octanol–water partition coefficient (Wildman–Crippen LogP) is 1.89. The highest BCUT2D eigenvalue weighted by Gasteiger charge is 2.26. The molecule has 0 spiro atoms. The van der Waals surface area contributed by atoms with Crippen molar-refractivity contribution in [2.75, 3.05) is 0 Å². The first-order valence-corrected chi connectivity index (χ1v) is 8.19. The van der Waals surface area contributed by atoms with Gasteiger partial charge < -0.3 is 13.9 Å². The van der Waals surface area contributed by atoms with E-state index in [0.29, 0.717) is 0 Å². The van der Waals surface area contributed by atoms with E-state index < -0.39 is 26.5 Å². The summed E-state index contributed by atoms with van der Waals surface area (Å²) in [6, 6.07) is 0. The second-order valence-corrected chi connectivity index (χ2v) is 8.43. The predicted molar refractivity (Wildman–Crippen MR) is 59.9 cm³/mol.